The van der Waals surface area contributed by atoms with E-state index in [1.165, 1.54) is 31.6 Å². The van der Waals surface area contributed by atoms with Crippen LogP contribution in [0.4, 0.5) is 10.8 Å². The molecule has 4 N–H and O–H groups in total. The van der Waals surface area contributed by atoms with Crippen LogP contribution in [0.1, 0.15) is 26.4 Å². The molecule has 2 aromatic carbocycles. The molecule has 0 fully saturated rings. The Morgan fingerprint density at radius 1 is 1.03 bits per heavy atom. The number of thiazole rings is 1. The Balaban J connectivity index is 1.65. The SMILES string of the molecule is COc1cc(OC)cc(C(=O)Nc2nc(CC(=O)Nc3ccccc3C(N)=O)cs2)c1. The summed E-state index contributed by atoms with van der Waals surface area (Å²) in [6, 6.07) is 11.3. The number of carbonyl (C=O) groups is 3. The van der Waals surface area contributed by atoms with Crippen molar-refractivity contribution in [1.82, 2.24) is 4.98 Å². The minimum Gasteiger partial charge on any atom is -0.497 e. The summed E-state index contributed by atoms with van der Waals surface area (Å²) < 4.78 is 10.3. The molecule has 3 rings (SSSR count). The predicted molar refractivity (Wildman–Crippen MR) is 117 cm³/mol. The zero-order valence-corrected chi connectivity index (χ0v) is 17.6. The number of rotatable bonds is 8. The second-order valence-electron chi connectivity index (χ2n) is 6.33. The molecule has 0 unspecified atom stereocenters. The van der Waals surface area contributed by atoms with Gasteiger partial charge >= 0.3 is 0 Å². The molecule has 31 heavy (non-hydrogen) atoms. The second-order valence-corrected chi connectivity index (χ2v) is 7.19. The lowest BCUT2D eigenvalue weighted by Crippen LogP contribution is -2.19. The number of aromatic nitrogens is 1. The molecular weight excluding hydrogens is 420 g/mol. The Hall–Kier alpha value is -3.92. The minimum atomic E-state index is -0.635. The first-order valence-corrected chi connectivity index (χ1v) is 9.95. The number of benzene rings is 2. The Bertz CT molecular complexity index is 1110. The van der Waals surface area contributed by atoms with Crippen LogP contribution in [0.3, 0.4) is 0 Å². The zero-order valence-electron chi connectivity index (χ0n) is 16.8. The largest absolute Gasteiger partial charge is 0.497 e. The Kier molecular flexibility index (Phi) is 6.83. The average molecular weight is 440 g/mol. The van der Waals surface area contributed by atoms with Crippen molar-refractivity contribution >= 4 is 39.9 Å². The van der Waals surface area contributed by atoms with E-state index < -0.39 is 11.8 Å². The van der Waals surface area contributed by atoms with Crippen LogP contribution in [0.15, 0.2) is 47.8 Å². The van der Waals surface area contributed by atoms with Crippen LogP contribution >= 0.6 is 11.3 Å². The van der Waals surface area contributed by atoms with Crippen LogP contribution < -0.4 is 25.8 Å². The summed E-state index contributed by atoms with van der Waals surface area (Å²) in [5.74, 6) is -0.425. The first-order chi connectivity index (χ1) is 14.9. The summed E-state index contributed by atoms with van der Waals surface area (Å²) in [5.41, 5.74) is 6.68. The number of anilines is 2. The molecule has 9 nitrogen and oxygen atoms in total. The maximum atomic E-state index is 12.5. The van der Waals surface area contributed by atoms with Crippen LogP contribution in [0, 0.1) is 0 Å². The van der Waals surface area contributed by atoms with Crippen molar-refractivity contribution in [1.29, 1.82) is 0 Å². The molecule has 0 bridgehead atoms. The number of hydrogen-bond donors (Lipinski definition) is 3. The van der Waals surface area contributed by atoms with Crippen LogP contribution in [0.2, 0.25) is 0 Å². The molecule has 0 saturated carbocycles. The van der Waals surface area contributed by atoms with Gasteiger partial charge in [-0.2, -0.15) is 0 Å². The van der Waals surface area contributed by atoms with E-state index >= 15 is 0 Å². The molecule has 0 atom stereocenters. The third-order valence-electron chi connectivity index (χ3n) is 4.19. The maximum Gasteiger partial charge on any atom is 0.257 e. The first kappa shape index (κ1) is 21.8. The van der Waals surface area contributed by atoms with Crippen molar-refractivity contribution in [3.8, 4) is 11.5 Å². The summed E-state index contributed by atoms with van der Waals surface area (Å²) in [5, 5.41) is 7.35. The van der Waals surface area contributed by atoms with Crippen LogP contribution in [-0.2, 0) is 11.2 Å². The second kappa shape index (κ2) is 9.72. The lowest BCUT2D eigenvalue weighted by atomic mass is 10.1. The molecule has 0 saturated heterocycles. The molecule has 1 aromatic heterocycles. The van der Waals surface area contributed by atoms with E-state index in [4.69, 9.17) is 15.2 Å². The van der Waals surface area contributed by atoms with Gasteiger partial charge in [0.2, 0.25) is 5.91 Å². The molecule has 0 radical (unpaired) electrons. The molecule has 10 heteroatoms. The van der Waals surface area contributed by atoms with Crippen molar-refractivity contribution in [3.63, 3.8) is 0 Å². The fourth-order valence-electron chi connectivity index (χ4n) is 2.72. The van der Waals surface area contributed by atoms with Gasteiger partial charge in [-0.3, -0.25) is 19.7 Å². The lowest BCUT2D eigenvalue weighted by molar-refractivity contribution is -0.115. The van der Waals surface area contributed by atoms with Crippen molar-refractivity contribution in [2.75, 3.05) is 24.9 Å². The molecule has 0 aliphatic rings. The van der Waals surface area contributed by atoms with Crippen molar-refractivity contribution in [2.45, 2.75) is 6.42 Å². The number of nitrogens with zero attached hydrogens (tertiary/aromatic N) is 1. The van der Waals surface area contributed by atoms with Gasteiger partial charge in [0.15, 0.2) is 5.13 Å². The molecule has 0 aliphatic heterocycles. The normalized spacial score (nSPS) is 10.3. The van der Waals surface area contributed by atoms with Crippen LogP contribution in [0.5, 0.6) is 11.5 Å². The zero-order chi connectivity index (χ0) is 22.4. The van der Waals surface area contributed by atoms with Gasteiger partial charge in [-0.25, -0.2) is 4.98 Å². The third kappa shape index (κ3) is 5.58. The minimum absolute atomic E-state index is 0.0353. The molecular formula is C21H20N4O5S. The quantitative estimate of drug-likeness (QED) is 0.493. The van der Waals surface area contributed by atoms with Gasteiger partial charge in [-0.15, -0.1) is 11.3 Å². The Morgan fingerprint density at radius 2 is 1.71 bits per heavy atom. The summed E-state index contributed by atoms with van der Waals surface area (Å²) >= 11 is 1.19. The van der Waals surface area contributed by atoms with E-state index in [1.807, 2.05) is 0 Å². The number of ether oxygens (including phenoxy) is 2. The molecule has 0 spiro atoms. The number of nitrogens with one attached hydrogen (secondary N) is 2. The van der Waals surface area contributed by atoms with E-state index in [2.05, 4.69) is 15.6 Å². The maximum absolute atomic E-state index is 12.5. The molecule has 3 aromatic rings. The summed E-state index contributed by atoms with van der Waals surface area (Å²) in [7, 11) is 2.99. The fourth-order valence-corrected chi connectivity index (χ4v) is 3.42. The van der Waals surface area contributed by atoms with Gasteiger partial charge < -0.3 is 20.5 Å². The van der Waals surface area contributed by atoms with Crippen LogP contribution in [-0.4, -0.2) is 36.9 Å². The van der Waals surface area contributed by atoms with E-state index in [0.717, 1.165) is 0 Å². The predicted octanol–water partition coefficient (Wildman–Crippen LogP) is 2.69. The van der Waals surface area contributed by atoms with Gasteiger partial charge in [0, 0.05) is 17.0 Å². The van der Waals surface area contributed by atoms with E-state index in [-0.39, 0.29) is 17.9 Å². The average Bonchev–Trinajstić information content (AvgIpc) is 3.19. The van der Waals surface area contributed by atoms with Crippen molar-refractivity contribution < 1.29 is 23.9 Å². The first-order valence-electron chi connectivity index (χ1n) is 9.07. The van der Waals surface area contributed by atoms with E-state index in [0.29, 0.717) is 33.6 Å². The van der Waals surface area contributed by atoms with Gasteiger partial charge in [0.05, 0.1) is 37.6 Å². The fraction of sp³-hybridized carbons (Fsp3) is 0.143. The number of para-hydroxylation sites is 1. The number of nitrogens with two attached hydrogens (primary N) is 1. The Labute approximate surface area is 182 Å². The smallest absolute Gasteiger partial charge is 0.257 e. The topological polar surface area (TPSA) is 133 Å². The summed E-state index contributed by atoms with van der Waals surface area (Å²) in [6.07, 6.45) is -0.0353. The highest BCUT2D eigenvalue weighted by molar-refractivity contribution is 7.14. The number of primary amides is 1. The number of hydrogen-bond acceptors (Lipinski definition) is 7. The van der Waals surface area contributed by atoms with Crippen molar-refractivity contribution in [2.24, 2.45) is 5.73 Å². The van der Waals surface area contributed by atoms with E-state index in [1.54, 1.807) is 41.8 Å². The van der Waals surface area contributed by atoms with Crippen molar-refractivity contribution in [3.05, 3.63) is 64.7 Å². The molecule has 3 amide bonds. The van der Waals surface area contributed by atoms with Gasteiger partial charge in [-0.1, -0.05) is 12.1 Å². The summed E-state index contributed by atoms with van der Waals surface area (Å²) in [4.78, 5) is 40.6. The highest BCUT2D eigenvalue weighted by Crippen LogP contribution is 2.24. The lowest BCUT2D eigenvalue weighted by Gasteiger charge is -2.08. The molecule has 1 heterocycles. The highest BCUT2D eigenvalue weighted by atomic mass is 32.1. The van der Waals surface area contributed by atoms with Gasteiger partial charge in [0.1, 0.15) is 11.5 Å². The van der Waals surface area contributed by atoms with Crippen LogP contribution in [0.25, 0.3) is 0 Å². The Morgan fingerprint density at radius 3 is 2.35 bits per heavy atom. The standard InChI is InChI=1S/C21H20N4O5S/c1-29-14-7-12(8-15(10-14)30-2)20(28)25-21-23-13(11-31-21)9-18(26)24-17-6-4-3-5-16(17)19(22)27/h3-8,10-11H,9H2,1-2H3,(H2,22,27)(H,24,26)(H,23,25,28). The third-order valence-corrected chi connectivity index (χ3v) is 5.00. The molecule has 0 aliphatic carbocycles. The monoisotopic (exact) mass is 440 g/mol. The van der Waals surface area contributed by atoms with Gasteiger partial charge in [0.25, 0.3) is 11.8 Å². The summed E-state index contributed by atoms with van der Waals surface area (Å²) in [6.45, 7) is 0. The number of methoxy groups -OCH3 is 2. The number of carbonyl (C=O) groups excluding carboxylic acids is 3. The molecule has 160 valence electrons. The number of amides is 3. The highest BCUT2D eigenvalue weighted by Gasteiger charge is 2.15. The van der Waals surface area contributed by atoms with Gasteiger partial charge in [-0.05, 0) is 24.3 Å². The van der Waals surface area contributed by atoms with E-state index in [9.17, 15) is 14.4 Å².